The van der Waals surface area contributed by atoms with E-state index in [1.54, 1.807) is 13.8 Å². The molecule has 1 rings (SSSR count). The molecule has 2 unspecified atom stereocenters. The summed E-state index contributed by atoms with van der Waals surface area (Å²) in [4.78, 5) is 23.9. The predicted octanol–water partition coefficient (Wildman–Crippen LogP) is 3.75. The van der Waals surface area contributed by atoms with Crippen LogP contribution in [0.25, 0.3) is 0 Å². The lowest BCUT2D eigenvalue weighted by atomic mass is 9.90. The average Bonchev–Trinajstić information content (AvgIpc) is 2.61. The van der Waals surface area contributed by atoms with Gasteiger partial charge in [0.1, 0.15) is 0 Å². The van der Waals surface area contributed by atoms with Crippen molar-refractivity contribution in [1.29, 1.82) is 0 Å². The van der Waals surface area contributed by atoms with Crippen LogP contribution in [0.3, 0.4) is 0 Å². The second-order valence-corrected chi connectivity index (χ2v) is 5.97. The molecule has 0 bridgehead atoms. The fourth-order valence-corrected chi connectivity index (χ4v) is 2.62. The van der Waals surface area contributed by atoms with Crippen LogP contribution in [0, 0.1) is 11.8 Å². The molecule has 0 fully saturated rings. The van der Waals surface area contributed by atoms with Crippen molar-refractivity contribution in [3.63, 3.8) is 0 Å². The number of ether oxygens (including phenoxy) is 3. The van der Waals surface area contributed by atoms with Crippen molar-refractivity contribution in [2.45, 2.75) is 46.6 Å². The predicted molar refractivity (Wildman–Crippen MR) is 95.9 cm³/mol. The highest BCUT2D eigenvalue weighted by Gasteiger charge is 2.27. The molecule has 25 heavy (non-hydrogen) atoms. The topological polar surface area (TPSA) is 61.8 Å². The molecular formula is C20H30O5. The molecule has 0 aromatic heterocycles. The normalized spacial score (nSPS) is 13.1. The number of carbonyl (C=O) groups is 2. The van der Waals surface area contributed by atoms with Gasteiger partial charge in [0.25, 0.3) is 0 Å². The van der Waals surface area contributed by atoms with E-state index < -0.39 is 5.92 Å². The first kappa shape index (κ1) is 21.2. The fourth-order valence-electron chi connectivity index (χ4n) is 2.62. The number of carbonyl (C=O) groups excluding carboxylic acids is 2. The van der Waals surface area contributed by atoms with Crippen LogP contribution < -0.4 is 0 Å². The first-order valence-electron chi connectivity index (χ1n) is 9.04. The van der Waals surface area contributed by atoms with Crippen molar-refractivity contribution in [3.8, 4) is 0 Å². The van der Waals surface area contributed by atoms with E-state index in [4.69, 9.17) is 14.2 Å². The molecule has 0 saturated carbocycles. The quantitative estimate of drug-likeness (QED) is 0.537. The molecule has 1 aromatic rings. The van der Waals surface area contributed by atoms with Crippen molar-refractivity contribution in [1.82, 2.24) is 0 Å². The van der Waals surface area contributed by atoms with E-state index in [1.165, 1.54) is 0 Å². The molecule has 2 atom stereocenters. The Bertz CT molecular complexity index is 500. The zero-order valence-corrected chi connectivity index (χ0v) is 15.5. The Kier molecular flexibility index (Phi) is 10.6. The summed E-state index contributed by atoms with van der Waals surface area (Å²) in [6.45, 7) is 7.28. The molecule has 0 amide bonds. The van der Waals surface area contributed by atoms with Crippen LogP contribution in [0.1, 0.15) is 45.6 Å². The number of rotatable bonds is 12. The lowest BCUT2D eigenvalue weighted by molar-refractivity contribution is -0.155. The lowest BCUT2D eigenvalue weighted by Gasteiger charge is -2.21. The Morgan fingerprint density at radius 2 is 1.68 bits per heavy atom. The largest absolute Gasteiger partial charge is 0.466 e. The monoisotopic (exact) mass is 350 g/mol. The lowest BCUT2D eigenvalue weighted by Crippen LogP contribution is -2.26. The third-order valence-corrected chi connectivity index (χ3v) is 4.00. The van der Waals surface area contributed by atoms with Crippen LogP contribution in [0.2, 0.25) is 0 Å². The highest BCUT2D eigenvalue weighted by molar-refractivity contribution is 5.79. The average molecular weight is 350 g/mol. The summed E-state index contributed by atoms with van der Waals surface area (Å²) in [6.07, 6.45) is 1.48. The summed E-state index contributed by atoms with van der Waals surface area (Å²) < 4.78 is 15.9. The molecule has 0 heterocycles. The van der Waals surface area contributed by atoms with Gasteiger partial charge >= 0.3 is 11.9 Å². The molecule has 0 radical (unpaired) electrons. The Labute approximate surface area is 150 Å². The molecular weight excluding hydrogens is 320 g/mol. The molecule has 0 aliphatic carbocycles. The highest BCUT2D eigenvalue weighted by atomic mass is 16.5. The smallest absolute Gasteiger partial charge is 0.309 e. The number of benzene rings is 1. The van der Waals surface area contributed by atoms with E-state index in [2.05, 4.69) is 6.92 Å². The third kappa shape index (κ3) is 8.68. The second kappa shape index (κ2) is 12.5. The maximum Gasteiger partial charge on any atom is 0.309 e. The minimum Gasteiger partial charge on any atom is -0.466 e. The standard InChI is InChI=1S/C20H30O5/c1-4-16(14-23-15-17-10-8-7-9-11-17)12-18(20(22)25-6-3)13-19(21)24-5-2/h7-11,16,18H,4-6,12-15H2,1-3H3. The number of esters is 2. The zero-order valence-electron chi connectivity index (χ0n) is 15.5. The molecule has 0 spiro atoms. The van der Waals surface area contributed by atoms with Crippen LogP contribution in [-0.4, -0.2) is 31.8 Å². The van der Waals surface area contributed by atoms with Crippen LogP contribution >= 0.6 is 0 Å². The molecule has 0 aliphatic heterocycles. The van der Waals surface area contributed by atoms with Crippen LogP contribution in [0.4, 0.5) is 0 Å². The molecule has 5 nitrogen and oxygen atoms in total. The summed E-state index contributed by atoms with van der Waals surface area (Å²) in [6, 6.07) is 9.96. The van der Waals surface area contributed by atoms with E-state index in [1.807, 2.05) is 30.3 Å². The Hall–Kier alpha value is -1.88. The van der Waals surface area contributed by atoms with Gasteiger partial charge in [0.2, 0.25) is 0 Å². The van der Waals surface area contributed by atoms with Gasteiger partial charge in [-0.25, -0.2) is 0 Å². The second-order valence-electron chi connectivity index (χ2n) is 5.97. The molecule has 1 aromatic carbocycles. The molecule has 0 N–H and O–H groups in total. The van der Waals surface area contributed by atoms with E-state index in [0.29, 0.717) is 32.8 Å². The Morgan fingerprint density at radius 1 is 1.00 bits per heavy atom. The molecule has 0 saturated heterocycles. The Balaban J connectivity index is 2.54. The summed E-state index contributed by atoms with van der Waals surface area (Å²) in [5.41, 5.74) is 1.12. The van der Waals surface area contributed by atoms with Crippen LogP contribution in [-0.2, 0) is 30.4 Å². The van der Waals surface area contributed by atoms with Gasteiger partial charge in [0.15, 0.2) is 0 Å². The third-order valence-electron chi connectivity index (χ3n) is 4.00. The molecule has 140 valence electrons. The first-order valence-corrected chi connectivity index (χ1v) is 9.04. The first-order chi connectivity index (χ1) is 12.1. The van der Waals surface area contributed by atoms with Crippen molar-refractivity contribution < 1.29 is 23.8 Å². The van der Waals surface area contributed by atoms with E-state index >= 15 is 0 Å². The highest BCUT2D eigenvalue weighted by Crippen LogP contribution is 2.22. The van der Waals surface area contributed by atoms with Gasteiger partial charge < -0.3 is 14.2 Å². The molecule has 5 heteroatoms. The number of hydrogen-bond donors (Lipinski definition) is 0. The van der Waals surface area contributed by atoms with Gasteiger partial charge in [-0.05, 0) is 31.7 Å². The van der Waals surface area contributed by atoms with E-state index in [-0.39, 0.29) is 24.3 Å². The van der Waals surface area contributed by atoms with Gasteiger partial charge in [0, 0.05) is 6.61 Å². The van der Waals surface area contributed by atoms with E-state index in [9.17, 15) is 9.59 Å². The minimum atomic E-state index is -0.482. The van der Waals surface area contributed by atoms with Crippen molar-refractivity contribution in [3.05, 3.63) is 35.9 Å². The van der Waals surface area contributed by atoms with Gasteiger partial charge in [-0.15, -0.1) is 0 Å². The SMILES string of the molecule is CCOC(=O)CC(CC(CC)COCc1ccccc1)C(=O)OCC. The van der Waals surface area contributed by atoms with Gasteiger partial charge in [-0.3, -0.25) is 9.59 Å². The van der Waals surface area contributed by atoms with Gasteiger partial charge in [0.05, 0.1) is 32.2 Å². The maximum absolute atomic E-state index is 12.2. The summed E-state index contributed by atoms with van der Waals surface area (Å²) in [5, 5.41) is 0. The maximum atomic E-state index is 12.2. The minimum absolute atomic E-state index is 0.0574. The Morgan fingerprint density at radius 3 is 2.28 bits per heavy atom. The summed E-state index contributed by atoms with van der Waals surface area (Å²) in [5.74, 6) is -0.991. The van der Waals surface area contributed by atoms with Crippen molar-refractivity contribution in [2.24, 2.45) is 11.8 Å². The fraction of sp³-hybridized carbons (Fsp3) is 0.600. The van der Waals surface area contributed by atoms with Crippen molar-refractivity contribution in [2.75, 3.05) is 19.8 Å². The summed E-state index contributed by atoms with van der Waals surface area (Å²) >= 11 is 0. The summed E-state index contributed by atoms with van der Waals surface area (Å²) in [7, 11) is 0. The molecule has 0 aliphatic rings. The van der Waals surface area contributed by atoms with E-state index in [0.717, 1.165) is 12.0 Å². The van der Waals surface area contributed by atoms with Gasteiger partial charge in [-0.2, -0.15) is 0 Å². The zero-order chi connectivity index (χ0) is 18.5. The van der Waals surface area contributed by atoms with Crippen molar-refractivity contribution >= 4 is 11.9 Å². The number of hydrogen-bond acceptors (Lipinski definition) is 5. The van der Waals surface area contributed by atoms with Gasteiger partial charge in [-0.1, -0.05) is 43.7 Å². The van der Waals surface area contributed by atoms with Crippen LogP contribution in [0.15, 0.2) is 30.3 Å². The van der Waals surface area contributed by atoms with Crippen LogP contribution in [0.5, 0.6) is 0 Å².